The van der Waals surface area contributed by atoms with Crippen molar-refractivity contribution in [1.29, 1.82) is 0 Å². The molecule has 1 N–H and O–H groups in total. The van der Waals surface area contributed by atoms with E-state index in [0.29, 0.717) is 6.54 Å². The minimum Gasteiger partial charge on any atom is -0.476 e. The van der Waals surface area contributed by atoms with Crippen molar-refractivity contribution in [3.63, 3.8) is 0 Å². The Morgan fingerprint density at radius 1 is 1.40 bits per heavy atom. The number of carbonyl (C=O) groups is 2. The number of carboxylic acid groups (broad SMARTS) is 1. The summed E-state index contributed by atoms with van der Waals surface area (Å²) in [5.41, 5.74) is 2.06. The summed E-state index contributed by atoms with van der Waals surface area (Å²) in [6.07, 6.45) is 0. The van der Waals surface area contributed by atoms with Crippen LogP contribution < -0.4 is 0 Å². The van der Waals surface area contributed by atoms with Crippen LogP contribution >= 0.6 is 11.3 Å². The molecule has 0 spiro atoms. The maximum absolute atomic E-state index is 12.2. The van der Waals surface area contributed by atoms with E-state index in [-0.39, 0.29) is 16.6 Å². The van der Waals surface area contributed by atoms with Crippen molar-refractivity contribution in [1.82, 2.24) is 9.88 Å². The lowest BCUT2D eigenvalue weighted by atomic mass is 10.1. The van der Waals surface area contributed by atoms with Crippen LogP contribution in [-0.2, 0) is 6.54 Å². The number of aryl methyl sites for hydroxylation is 1. The number of benzene rings is 1. The normalized spacial score (nSPS) is 10.3. The molecular formula is C14H14N2O3S. The van der Waals surface area contributed by atoms with Crippen molar-refractivity contribution < 1.29 is 14.7 Å². The van der Waals surface area contributed by atoms with E-state index in [1.165, 1.54) is 10.3 Å². The van der Waals surface area contributed by atoms with Crippen LogP contribution in [-0.4, -0.2) is 33.9 Å². The Morgan fingerprint density at radius 2 is 2.15 bits per heavy atom. The zero-order valence-electron chi connectivity index (χ0n) is 11.2. The van der Waals surface area contributed by atoms with Gasteiger partial charge in [0.05, 0.1) is 0 Å². The number of hydrogen-bond donors (Lipinski definition) is 1. The first-order valence-electron chi connectivity index (χ1n) is 5.97. The second-order valence-corrected chi connectivity index (χ2v) is 5.35. The molecule has 0 atom stereocenters. The third-order valence-electron chi connectivity index (χ3n) is 2.76. The highest BCUT2D eigenvalue weighted by atomic mass is 32.1. The molecule has 1 heterocycles. The third-order valence-corrected chi connectivity index (χ3v) is 3.59. The molecule has 0 radical (unpaired) electrons. The van der Waals surface area contributed by atoms with Crippen LogP contribution in [0.15, 0.2) is 29.6 Å². The van der Waals surface area contributed by atoms with Crippen LogP contribution in [0.2, 0.25) is 0 Å². The Bertz CT molecular complexity index is 651. The molecule has 0 fully saturated rings. The van der Waals surface area contributed by atoms with E-state index < -0.39 is 5.97 Å². The van der Waals surface area contributed by atoms with E-state index in [9.17, 15) is 9.59 Å². The average molecular weight is 290 g/mol. The second-order valence-electron chi connectivity index (χ2n) is 4.49. The maximum Gasteiger partial charge on any atom is 0.355 e. The molecule has 0 unspecified atom stereocenters. The molecular weight excluding hydrogens is 276 g/mol. The first-order chi connectivity index (χ1) is 9.47. The molecule has 0 aliphatic heterocycles. The number of aromatic nitrogens is 1. The number of nitrogens with zero attached hydrogens (tertiary/aromatic N) is 2. The lowest BCUT2D eigenvalue weighted by Gasteiger charge is -2.16. The van der Waals surface area contributed by atoms with Gasteiger partial charge in [0.1, 0.15) is 0 Å². The van der Waals surface area contributed by atoms with Gasteiger partial charge in [0.2, 0.25) is 0 Å². The number of rotatable bonds is 4. The lowest BCUT2D eigenvalue weighted by Crippen LogP contribution is -2.26. The predicted molar refractivity (Wildman–Crippen MR) is 76.0 cm³/mol. The van der Waals surface area contributed by atoms with Gasteiger partial charge >= 0.3 is 5.97 Å². The van der Waals surface area contributed by atoms with Gasteiger partial charge in [-0.1, -0.05) is 29.8 Å². The fourth-order valence-electron chi connectivity index (χ4n) is 1.79. The Balaban J connectivity index is 2.10. The molecule has 0 aliphatic rings. The zero-order valence-corrected chi connectivity index (χ0v) is 12.0. The van der Waals surface area contributed by atoms with Crippen LogP contribution in [0, 0.1) is 6.92 Å². The summed E-state index contributed by atoms with van der Waals surface area (Å²) in [6, 6.07) is 7.88. The second kappa shape index (κ2) is 5.83. The Kier molecular flexibility index (Phi) is 4.14. The average Bonchev–Trinajstić information content (AvgIpc) is 2.87. The molecule has 6 heteroatoms. The van der Waals surface area contributed by atoms with Gasteiger partial charge in [0.25, 0.3) is 5.91 Å². The fourth-order valence-corrected chi connectivity index (χ4v) is 2.57. The molecule has 1 aromatic carbocycles. The Morgan fingerprint density at radius 3 is 2.75 bits per heavy atom. The minimum atomic E-state index is -1.12. The molecule has 2 rings (SSSR count). The van der Waals surface area contributed by atoms with Gasteiger partial charge in [-0.2, -0.15) is 0 Å². The van der Waals surface area contributed by atoms with Gasteiger partial charge in [0.15, 0.2) is 10.7 Å². The lowest BCUT2D eigenvalue weighted by molar-refractivity contribution is 0.0691. The molecule has 1 aromatic heterocycles. The van der Waals surface area contributed by atoms with Gasteiger partial charge in [0, 0.05) is 19.0 Å². The number of carbonyl (C=O) groups excluding carboxylic acids is 1. The molecule has 0 saturated carbocycles. The van der Waals surface area contributed by atoms with E-state index >= 15 is 0 Å². The van der Waals surface area contributed by atoms with Crippen molar-refractivity contribution in [3.05, 3.63) is 51.5 Å². The van der Waals surface area contributed by atoms with Crippen LogP contribution in [0.3, 0.4) is 0 Å². The highest BCUT2D eigenvalue weighted by Crippen LogP contribution is 2.14. The van der Waals surface area contributed by atoms with Crippen LogP contribution in [0.5, 0.6) is 0 Å². The molecule has 0 bridgehead atoms. The summed E-state index contributed by atoms with van der Waals surface area (Å²) in [5, 5.41) is 10.4. The van der Waals surface area contributed by atoms with Gasteiger partial charge in [-0.25, -0.2) is 9.78 Å². The van der Waals surface area contributed by atoms with E-state index in [1.807, 2.05) is 31.2 Å². The fraction of sp³-hybridized carbons (Fsp3) is 0.214. The summed E-state index contributed by atoms with van der Waals surface area (Å²) in [7, 11) is 1.67. The standard InChI is InChI=1S/C14H14N2O3S/c1-9-4-3-5-10(6-9)7-16(2)13(17)12-15-11(8-20-12)14(18)19/h3-6,8H,7H2,1-2H3,(H,18,19). The van der Waals surface area contributed by atoms with Crippen LogP contribution in [0.25, 0.3) is 0 Å². The molecule has 104 valence electrons. The highest BCUT2D eigenvalue weighted by molar-refractivity contribution is 7.11. The summed E-state index contributed by atoms with van der Waals surface area (Å²) in [6.45, 7) is 2.45. The topological polar surface area (TPSA) is 70.5 Å². The van der Waals surface area contributed by atoms with Crippen molar-refractivity contribution in [3.8, 4) is 0 Å². The summed E-state index contributed by atoms with van der Waals surface area (Å²) < 4.78 is 0. The number of thiazole rings is 1. The molecule has 1 amide bonds. The molecule has 2 aromatic rings. The smallest absolute Gasteiger partial charge is 0.355 e. The molecule has 5 nitrogen and oxygen atoms in total. The van der Waals surface area contributed by atoms with Crippen LogP contribution in [0.1, 0.15) is 31.4 Å². The van der Waals surface area contributed by atoms with E-state index in [4.69, 9.17) is 5.11 Å². The quantitative estimate of drug-likeness (QED) is 0.938. The SMILES string of the molecule is Cc1cccc(CN(C)C(=O)c2nc(C(=O)O)cs2)c1. The van der Waals surface area contributed by atoms with Gasteiger partial charge < -0.3 is 10.0 Å². The number of carboxylic acids is 1. The van der Waals surface area contributed by atoms with Gasteiger partial charge in [-0.3, -0.25) is 4.79 Å². The highest BCUT2D eigenvalue weighted by Gasteiger charge is 2.18. The molecule has 0 aliphatic carbocycles. The van der Waals surface area contributed by atoms with E-state index in [0.717, 1.165) is 22.5 Å². The van der Waals surface area contributed by atoms with Gasteiger partial charge in [-0.15, -0.1) is 11.3 Å². The number of amides is 1. The number of aromatic carboxylic acids is 1. The molecule has 0 saturated heterocycles. The van der Waals surface area contributed by atoms with Crippen molar-refractivity contribution >= 4 is 23.2 Å². The predicted octanol–water partition coefficient (Wildman–Crippen LogP) is 2.42. The van der Waals surface area contributed by atoms with Crippen molar-refractivity contribution in [2.45, 2.75) is 13.5 Å². The Labute approximate surface area is 120 Å². The summed E-state index contributed by atoms with van der Waals surface area (Å²) >= 11 is 1.04. The largest absolute Gasteiger partial charge is 0.476 e. The van der Waals surface area contributed by atoms with E-state index in [1.54, 1.807) is 7.05 Å². The van der Waals surface area contributed by atoms with E-state index in [2.05, 4.69) is 4.98 Å². The molecule has 20 heavy (non-hydrogen) atoms. The first kappa shape index (κ1) is 14.2. The third kappa shape index (κ3) is 3.21. The van der Waals surface area contributed by atoms with Crippen molar-refractivity contribution in [2.75, 3.05) is 7.05 Å². The van der Waals surface area contributed by atoms with Crippen molar-refractivity contribution in [2.24, 2.45) is 0 Å². The monoisotopic (exact) mass is 290 g/mol. The van der Waals surface area contributed by atoms with Crippen LogP contribution in [0.4, 0.5) is 0 Å². The number of hydrogen-bond acceptors (Lipinski definition) is 4. The van der Waals surface area contributed by atoms with Gasteiger partial charge in [-0.05, 0) is 12.5 Å². The first-order valence-corrected chi connectivity index (χ1v) is 6.85. The zero-order chi connectivity index (χ0) is 14.7. The summed E-state index contributed by atoms with van der Waals surface area (Å²) in [4.78, 5) is 28.2. The Hall–Kier alpha value is -2.21. The summed E-state index contributed by atoms with van der Waals surface area (Å²) in [5.74, 6) is -1.40. The minimum absolute atomic E-state index is 0.0951. The maximum atomic E-state index is 12.2.